The van der Waals surface area contributed by atoms with Crippen molar-refractivity contribution in [3.63, 3.8) is 0 Å². The van der Waals surface area contributed by atoms with Gasteiger partial charge in [-0.3, -0.25) is 19.0 Å². The van der Waals surface area contributed by atoms with Crippen LogP contribution < -0.4 is 10.9 Å². The Bertz CT molecular complexity index is 1490. The molecule has 0 unspecified atom stereocenters. The van der Waals surface area contributed by atoms with Crippen LogP contribution in [0.4, 0.5) is 0 Å². The third-order valence-corrected chi connectivity index (χ3v) is 6.46. The SMILES string of the molecule is Cc1ccc2c(c1)n(Cc1ccc(Cl)cc1)c(=O)c1nc(C(=O)NCCCN3CCCC3=O)nn12. The zero-order valence-electron chi connectivity index (χ0n) is 19.3. The third kappa shape index (κ3) is 4.64. The van der Waals surface area contributed by atoms with Gasteiger partial charge in [-0.15, -0.1) is 5.10 Å². The number of rotatable bonds is 7. The van der Waals surface area contributed by atoms with Crippen LogP contribution in [0.5, 0.6) is 0 Å². The molecule has 0 saturated carbocycles. The van der Waals surface area contributed by atoms with Crippen molar-refractivity contribution in [3.8, 4) is 0 Å². The van der Waals surface area contributed by atoms with E-state index in [4.69, 9.17) is 11.6 Å². The highest BCUT2D eigenvalue weighted by Gasteiger charge is 2.21. The van der Waals surface area contributed by atoms with Crippen molar-refractivity contribution >= 4 is 40.1 Å². The summed E-state index contributed by atoms with van der Waals surface area (Å²) in [5, 5.41) is 7.78. The summed E-state index contributed by atoms with van der Waals surface area (Å²) in [4.78, 5) is 44.0. The van der Waals surface area contributed by atoms with E-state index in [1.807, 2.05) is 42.2 Å². The highest BCUT2D eigenvalue weighted by atomic mass is 35.5. The number of hydrogen-bond donors (Lipinski definition) is 1. The maximum absolute atomic E-state index is 13.4. The van der Waals surface area contributed by atoms with Crippen LogP contribution in [0.3, 0.4) is 0 Å². The van der Waals surface area contributed by atoms with E-state index >= 15 is 0 Å². The summed E-state index contributed by atoms with van der Waals surface area (Å²) in [6.07, 6.45) is 2.13. The molecule has 4 aromatic rings. The van der Waals surface area contributed by atoms with E-state index in [0.29, 0.717) is 48.5 Å². The zero-order chi connectivity index (χ0) is 24.5. The molecular weight excluding hydrogens is 468 g/mol. The number of likely N-dealkylation sites (tertiary alicyclic amines) is 1. The maximum Gasteiger partial charge on any atom is 0.296 e. The molecule has 2 aromatic carbocycles. The number of fused-ring (bicyclic) bond motifs is 3. The second-order valence-electron chi connectivity index (χ2n) is 8.77. The van der Waals surface area contributed by atoms with E-state index < -0.39 is 5.91 Å². The minimum absolute atomic E-state index is 0.0644. The normalized spacial score (nSPS) is 13.8. The third-order valence-electron chi connectivity index (χ3n) is 6.21. The summed E-state index contributed by atoms with van der Waals surface area (Å²) in [5.41, 5.74) is 3.04. The standard InChI is InChI=1S/C25H25ClN6O3/c1-16-5-10-19-20(14-16)31(15-17-6-8-18(26)9-7-17)25(35)23-28-22(29-32(19)23)24(34)27-11-3-13-30-12-2-4-21(30)33/h5-10,14H,2-4,11-13,15H2,1H3,(H,27,34). The summed E-state index contributed by atoms with van der Waals surface area (Å²) >= 11 is 6.01. The lowest BCUT2D eigenvalue weighted by Crippen LogP contribution is -2.31. The Morgan fingerprint density at radius 2 is 1.91 bits per heavy atom. The van der Waals surface area contributed by atoms with Gasteiger partial charge in [0.15, 0.2) is 0 Å². The smallest absolute Gasteiger partial charge is 0.296 e. The molecule has 3 heterocycles. The fourth-order valence-corrected chi connectivity index (χ4v) is 4.52. The number of nitrogens with zero attached hydrogens (tertiary/aromatic N) is 5. The van der Waals surface area contributed by atoms with Gasteiger partial charge in [0, 0.05) is 31.1 Å². The first-order valence-electron chi connectivity index (χ1n) is 11.6. The molecular formula is C25H25ClN6O3. The first-order chi connectivity index (χ1) is 16.9. The van der Waals surface area contributed by atoms with Crippen molar-refractivity contribution in [2.24, 2.45) is 0 Å². The van der Waals surface area contributed by atoms with Gasteiger partial charge in [0.2, 0.25) is 17.4 Å². The van der Waals surface area contributed by atoms with Gasteiger partial charge in [0.1, 0.15) is 0 Å². The van der Waals surface area contributed by atoms with Crippen LogP contribution in [0.25, 0.3) is 16.7 Å². The quantitative estimate of drug-likeness (QED) is 0.400. The molecule has 2 aromatic heterocycles. The highest BCUT2D eigenvalue weighted by molar-refractivity contribution is 6.30. The lowest BCUT2D eigenvalue weighted by Gasteiger charge is -2.14. The molecule has 1 fully saturated rings. The molecule has 5 rings (SSSR count). The Hall–Kier alpha value is -3.72. The molecule has 10 heteroatoms. The lowest BCUT2D eigenvalue weighted by molar-refractivity contribution is -0.127. The number of nitrogens with one attached hydrogen (secondary N) is 1. The van der Waals surface area contributed by atoms with Crippen molar-refractivity contribution in [1.82, 2.24) is 29.4 Å². The van der Waals surface area contributed by atoms with Crippen LogP contribution in [0, 0.1) is 6.92 Å². The molecule has 1 aliphatic heterocycles. The second kappa shape index (κ2) is 9.50. The number of halogens is 1. The number of carbonyl (C=O) groups is 2. The summed E-state index contributed by atoms with van der Waals surface area (Å²) in [6, 6.07) is 13.0. The van der Waals surface area contributed by atoms with Crippen LogP contribution in [0.15, 0.2) is 47.3 Å². The first-order valence-corrected chi connectivity index (χ1v) is 12.0. The van der Waals surface area contributed by atoms with E-state index in [0.717, 1.165) is 24.1 Å². The fourth-order valence-electron chi connectivity index (χ4n) is 4.39. The molecule has 0 bridgehead atoms. The van der Waals surface area contributed by atoms with Crippen molar-refractivity contribution in [2.45, 2.75) is 32.7 Å². The van der Waals surface area contributed by atoms with E-state index in [1.165, 1.54) is 4.52 Å². The average molecular weight is 493 g/mol. The Balaban J connectivity index is 1.43. The van der Waals surface area contributed by atoms with E-state index in [1.54, 1.807) is 16.7 Å². The number of carbonyl (C=O) groups excluding carboxylic acids is 2. The van der Waals surface area contributed by atoms with Crippen molar-refractivity contribution < 1.29 is 9.59 Å². The average Bonchev–Trinajstić information content (AvgIpc) is 3.47. The molecule has 9 nitrogen and oxygen atoms in total. The van der Waals surface area contributed by atoms with Gasteiger partial charge in [-0.05, 0) is 55.2 Å². The maximum atomic E-state index is 13.4. The van der Waals surface area contributed by atoms with Crippen molar-refractivity contribution in [2.75, 3.05) is 19.6 Å². The zero-order valence-corrected chi connectivity index (χ0v) is 20.1. The van der Waals surface area contributed by atoms with E-state index in [-0.39, 0.29) is 22.9 Å². The van der Waals surface area contributed by atoms with Gasteiger partial charge in [-0.25, -0.2) is 4.52 Å². The predicted octanol–water partition coefficient (Wildman–Crippen LogP) is 2.80. The van der Waals surface area contributed by atoms with Gasteiger partial charge in [0.25, 0.3) is 11.5 Å². The van der Waals surface area contributed by atoms with Crippen LogP contribution in [-0.2, 0) is 11.3 Å². The van der Waals surface area contributed by atoms with Crippen molar-refractivity contribution in [3.05, 3.63) is 74.8 Å². The molecule has 0 atom stereocenters. The second-order valence-corrected chi connectivity index (χ2v) is 9.21. The molecule has 180 valence electrons. The largest absolute Gasteiger partial charge is 0.349 e. The van der Waals surface area contributed by atoms with Gasteiger partial charge < -0.3 is 10.2 Å². The fraction of sp³-hybridized carbons (Fsp3) is 0.320. The summed E-state index contributed by atoms with van der Waals surface area (Å²) < 4.78 is 3.08. The summed E-state index contributed by atoms with van der Waals surface area (Å²) in [5.74, 6) is -0.355. The minimum Gasteiger partial charge on any atom is -0.349 e. The van der Waals surface area contributed by atoms with Gasteiger partial charge in [0.05, 0.1) is 17.6 Å². The van der Waals surface area contributed by atoms with E-state index in [2.05, 4.69) is 15.4 Å². The number of benzene rings is 2. The summed E-state index contributed by atoms with van der Waals surface area (Å²) in [6.45, 7) is 4.05. The Morgan fingerprint density at radius 3 is 2.66 bits per heavy atom. The lowest BCUT2D eigenvalue weighted by atomic mass is 10.2. The molecule has 0 radical (unpaired) electrons. The highest BCUT2D eigenvalue weighted by Crippen LogP contribution is 2.18. The van der Waals surface area contributed by atoms with Gasteiger partial charge >= 0.3 is 0 Å². The number of aromatic nitrogens is 4. The number of aryl methyl sites for hydroxylation is 1. The van der Waals surface area contributed by atoms with Crippen molar-refractivity contribution in [1.29, 1.82) is 0 Å². The monoisotopic (exact) mass is 492 g/mol. The Kier molecular flexibility index (Phi) is 6.25. The van der Waals surface area contributed by atoms with Crippen LogP contribution >= 0.6 is 11.6 Å². The van der Waals surface area contributed by atoms with Gasteiger partial charge in [-0.1, -0.05) is 29.8 Å². The molecule has 1 N–H and O–H groups in total. The Labute approximate surface area is 206 Å². The van der Waals surface area contributed by atoms with Crippen LogP contribution in [0.2, 0.25) is 5.02 Å². The predicted molar refractivity (Wildman–Crippen MR) is 133 cm³/mol. The molecule has 0 aliphatic carbocycles. The topological polar surface area (TPSA) is 102 Å². The molecule has 1 saturated heterocycles. The van der Waals surface area contributed by atoms with E-state index in [9.17, 15) is 14.4 Å². The number of amides is 2. The van der Waals surface area contributed by atoms with Crippen LogP contribution in [0.1, 0.15) is 41.0 Å². The molecule has 35 heavy (non-hydrogen) atoms. The minimum atomic E-state index is -0.453. The summed E-state index contributed by atoms with van der Waals surface area (Å²) in [7, 11) is 0. The first kappa shape index (κ1) is 23.0. The molecule has 1 aliphatic rings. The Morgan fingerprint density at radius 1 is 1.11 bits per heavy atom. The number of hydrogen-bond acceptors (Lipinski definition) is 5. The molecule has 0 spiro atoms. The molecule has 2 amide bonds. The van der Waals surface area contributed by atoms with Crippen LogP contribution in [-0.4, -0.2) is 55.5 Å². The van der Waals surface area contributed by atoms with Gasteiger partial charge in [-0.2, -0.15) is 4.98 Å².